The standard InChI is InChI=1S/C20H21N7O4/c28-19(12-1-2-12)22-15-9-29-18-16(10-30-17(15)18)27-20(23-24-25-27)31-14-5-3-13(4-6-14)26-8-7-21-11-26/h3-8,11-12,15-18H,1-2,9-10H2,(H,22,28)/t15-,16+,17-,18+/m0/s1. The van der Waals surface area contributed by atoms with E-state index in [0.717, 1.165) is 18.5 Å². The molecule has 4 heterocycles. The van der Waals surface area contributed by atoms with Gasteiger partial charge in [0, 0.05) is 24.0 Å². The maximum atomic E-state index is 12.1. The lowest BCUT2D eigenvalue weighted by Gasteiger charge is -2.18. The van der Waals surface area contributed by atoms with E-state index in [1.54, 1.807) is 17.2 Å². The van der Waals surface area contributed by atoms with Crippen molar-refractivity contribution in [2.45, 2.75) is 37.1 Å². The van der Waals surface area contributed by atoms with Crippen LogP contribution in [0.15, 0.2) is 43.0 Å². The van der Waals surface area contributed by atoms with Crippen molar-refractivity contribution < 1.29 is 19.0 Å². The van der Waals surface area contributed by atoms with Crippen LogP contribution >= 0.6 is 0 Å². The first kappa shape index (κ1) is 18.5. The van der Waals surface area contributed by atoms with Crippen molar-refractivity contribution >= 4 is 5.91 Å². The van der Waals surface area contributed by atoms with Crippen LogP contribution in [-0.2, 0) is 14.3 Å². The molecule has 1 amide bonds. The van der Waals surface area contributed by atoms with Crippen molar-refractivity contribution in [3.8, 4) is 17.4 Å². The van der Waals surface area contributed by atoms with E-state index < -0.39 is 0 Å². The number of amides is 1. The molecule has 0 spiro atoms. The predicted octanol–water partition coefficient (Wildman–Crippen LogP) is 0.885. The number of hydrogen-bond donors (Lipinski definition) is 1. The molecule has 11 heteroatoms. The maximum Gasteiger partial charge on any atom is 0.341 e. The molecule has 3 aliphatic rings. The van der Waals surface area contributed by atoms with E-state index in [1.807, 2.05) is 35.0 Å². The van der Waals surface area contributed by atoms with E-state index >= 15 is 0 Å². The molecule has 11 nitrogen and oxygen atoms in total. The summed E-state index contributed by atoms with van der Waals surface area (Å²) in [6, 6.07) is 7.41. The molecule has 2 aliphatic heterocycles. The summed E-state index contributed by atoms with van der Waals surface area (Å²) in [6.07, 6.45) is 6.78. The van der Waals surface area contributed by atoms with Crippen LogP contribution in [0.3, 0.4) is 0 Å². The fourth-order valence-electron chi connectivity index (χ4n) is 4.12. The van der Waals surface area contributed by atoms with E-state index in [4.69, 9.17) is 14.2 Å². The molecule has 2 aromatic heterocycles. The molecular weight excluding hydrogens is 402 g/mol. The van der Waals surface area contributed by atoms with Crippen LogP contribution in [0.25, 0.3) is 5.69 Å². The van der Waals surface area contributed by atoms with Crippen molar-refractivity contribution in [2.24, 2.45) is 5.92 Å². The summed E-state index contributed by atoms with van der Waals surface area (Å²) in [5.74, 6) is 0.847. The third-order valence-electron chi connectivity index (χ3n) is 5.93. The van der Waals surface area contributed by atoms with Gasteiger partial charge < -0.3 is 24.1 Å². The van der Waals surface area contributed by atoms with Gasteiger partial charge in [-0.25, -0.2) is 4.98 Å². The Kier molecular flexibility index (Phi) is 4.42. The summed E-state index contributed by atoms with van der Waals surface area (Å²) in [4.78, 5) is 16.2. The smallest absolute Gasteiger partial charge is 0.341 e. The summed E-state index contributed by atoms with van der Waals surface area (Å²) in [5, 5.41) is 15.0. The number of rotatable bonds is 6. The molecule has 1 aromatic carbocycles. The SMILES string of the molecule is O=C(N[C@H]1CO[C@H]2[C@H]1OC[C@H]2n1nnnc1Oc1ccc(-n2ccnc2)cc1)C1CC1. The highest BCUT2D eigenvalue weighted by Gasteiger charge is 2.50. The Bertz CT molecular complexity index is 1060. The second kappa shape index (κ2) is 7.43. The Balaban J connectivity index is 1.15. The summed E-state index contributed by atoms with van der Waals surface area (Å²) in [6.45, 7) is 0.796. The first-order valence-corrected chi connectivity index (χ1v) is 10.3. The molecule has 1 N–H and O–H groups in total. The zero-order valence-corrected chi connectivity index (χ0v) is 16.6. The van der Waals surface area contributed by atoms with Crippen LogP contribution in [0, 0.1) is 5.92 Å². The van der Waals surface area contributed by atoms with Crippen LogP contribution < -0.4 is 10.1 Å². The van der Waals surface area contributed by atoms with E-state index in [-0.39, 0.29) is 42.1 Å². The molecule has 3 aromatic rings. The Labute approximate surface area is 177 Å². The van der Waals surface area contributed by atoms with Crippen LogP contribution in [0.5, 0.6) is 11.8 Å². The molecule has 3 fully saturated rings. The van der Waals surface area contributed by atoms with Gasteiger partial charge in [0.15, 0.2) is 0 Å². The van der Waals surface area contributed by atoms with Gasteiger partial charge in [0.05, 0.1) is 25.6 Å². The lowest BCUT2D eigenvalue weighted by molar-refractivity contribution is -0.123. The Morgan fingerprint density at radius 3 is 2.74 bits per heavy atom. The molecule has 31 heavy (non-hydrogen) atoms. The molecule has 2 saturated heterocycles. The van der Waals surface area contributed by atoms with Gasteiger partial charge in [-0.2, -0.15) is 4.68 Å². The van der Waals surface area contributed by atoms with E-state index in [1.165, 1.54) is 0 Å². The number of nitrogens with zero attached hydrogens (tertiary/aromatic N) is 6. The molecule has 0 radical (unpaired) electrons. The summed E-state index contributed by atoms with van der Waals surface area (Å²) < 4.78 is 21.4. The topological polar surface area (TPSA) is 118 Å². The van der Waals surface area contributed by atoms with Crippen molar-refractivity contribution in [1.82, 2.24) is 35.1 Å². The summed E-state index contributed by atoms with van der Waals surface area (Å²) in [5.41, 5.74) is 0.968. The minimum Gasteiger partial charge on any atom is -0.423 e. The molecule has 160 valence electrons. The maximum absolute atomic E-state index is 12.1. The van der Waals surface area contributed by atoms with Gasteiger partial charge in [0.2, 0.25) is 5.91 Å². The van der Waals surface area contributed by atoms with Crippen molar-refractivity contribution in [3.63, 3.8) is 0 Å². The number of imidazole rings is 1. The van der Waals surface area contributed by atoms with Crippen LogP contribution in [0.2, 0.25) is 0 Å². The predicted molar refractivity (Wildman–Crippen MR) is 105 cm³/mol. The molecular formula is C20H21N7O4. The van der Waals surface area contributed by atoms with Gasteiger partial charge in [-0.3, -0.25) is 4.79 Å². The van der Waals surface area contributed by atoms with Crippen LogP contribution in [0.1, 0.15) is 18.9 Å². The Morgan fingerprint density at radius 1 is 1.13 bits per heavy atom. The molecule has 0 bridgehead atoms. The molecule has 6 rings (SSSR count). The molecule has 4 atom stereocenters. The summed E-state index contributed by atoms with van der Waals surface area (Å²) in [7, 11) is 0. The minimum absolute atomic E-state index is 0.0897. The van der Waals surface area contributed by atoms with Crippen molar-refractivity contribution in [2.75, 3.05) is 13.2 Å². The van der Waals surface area contributed by atoms with Gasteiger partial charge in [-0.15, -0.1) is 0 Å². The number of aromatic nitrogens is 6. The average molecular weight is 423 g/mol. The largest absolute Gasteiger partial charge is 0.423 e. The van der Waals surface area contributed by atoms with Gasteiger partial charge in [0.1, 0.15) is 24.0 Å². The van der Waals surface area contributed by atoms with Gasteiger partial charge in [-0.05, 0) is 47.5 Å². The van der Waals surface area contributed by atoms with Crippen molar-refractivity contribution in [1.29, 1.82) is 0 Å². The monoisotopic (exact) mass is 423 g/mol. The van der Waals surface area contributed by atoms with Crippen LogP contribution in [-0.4, -0.2) is 67.1 Å². The molecule has 1 saturated carbocycles. The van der Waals surface area contributed by atoms with E-state index in [9.17, 15) is 4.79 Å². The fourth-order valence-corrected chi connectivity index (χ4v) is 4.12. The second-order valence-corrected chi connectivity index (χ2v) is 8.02. The van der Waals surface area contributed by atoms with Gasteiger partial charge in [-0.1, -0.05) is 5.10 Å². The Hall–Kier alpha value is -3.31. The van der Waals surface area contributed by atoms with E-state index in [2.05, 4.69) is 25.8 Å². The second-order valence-electron chi connectivity index (χ2n) is 8.02. The first-order valence-electron chi connectivity index (χ1n) is 10.3. The van der Waals surface area contributed by atoms with E-state index in [0.29, 0.717) is 19.0 Å². The quantitative estimate of drug-likeness (QED) is 0.621. The zero-order chi connectivity index (χ0) is 20.8. The minimum atomic E-state index is -0.251. The van der Waals surface area contributed by atoms with Gasteiger partial charge >= 0.3 is 6.01 Å². The highest BCUT2D eigenvalue weighted by molar-refractivity contribution is 5.81. The lowest BCUT2D eigenvalue weighted by Crippen LogP contribution is -2.44. The number of fused-ring (bicyclic) bond motifs is 1. The number of carbonyl (C=O) groups is 1. The highest BCUT2D eigenvalue weighted by atomic mass is 16.6. The average Bonchev–Trinajstić information content (AvgIpc) is 3.17. The lowest BCUT2D eigenvalue weighted by atomic mass is 10.1. The Morgan fingerprint density at radius 2 is 1.97 bits per heavy atom. The number of tetrazole rings is 1. The third-order valence-corrected chi connectivity index (χ3v) is 5.93. The zero-order valence-electron chi connectivity index (χ0n) is 16.6. The highest BCUT2D eigenvalue weighted by Crippen LogP contribution is 2.37. The van der Waals surface area contributed by atoms with Crippen molar-refractivity contribution in [3.05, 3.63) is 43.0 Å². The number of ether oxygens (including phenoxy) is 3. The first-order chi connectivity index (χ1) is 15.3. The number of carbonyl (C=O) groups excluding carboxylic acids is 1. The molecule has 0 unspecified atom stereocenters. The van der Waals surface area contributed by atoms with Crippen LogP contribution in [0.4, 0.5) is 0 Å². The van der Waals surface area contributed by atoms with Gasteiger partial charge in [0.25, 0.3) is 0 Å². The fraction of sp³-hybridized carbons (Fsp3) is 0.450. The number of benzene rings is 1. The number of nitrogens with one attached hydrogen (secondary N) is 1. The summed E-state index contributed by atoms with van der Waals surface area (Å²) >= 11 is 0. The molecule has 1 aliphatic carbocycles. The number of hydrogen-bond acceptors (Lipinski definition) is 8. The third kappa shape index (κ3) is 3.45. The normalized spacial score (nSPS) is 27.2.